The molecule has 0 aliphatic carbocycles. The van der Waals surface area contributed by atoms with Crippen LogP contribution in [0, 0.1) is 0 Å². The Hall–Kier alpha value is -1.50. The lowest BCUT2D eigenvalue weighted by Crippen LogP contribution is -1.86. The third-order valence-electron chi connectivity index (χ3n) is 7.15. The normalized spacial score (nSPS) is 11.5. The third-order valence-corrected chi connectivity index (χ3v) is 12.8. The van der Waals surface area contributed by atoms with Gasteiger partial charge in [0.1, 0.15) is 0 Å². The van der Waals surface area contributed by atoms with Gasteiger partial charge in [0.15, 0.2) is 0 Å². The quantitative estimate of drug-likeness (QED) is 0.105. The smallest absolute Gasteiger partial charge is 0.0708 e. The van der Waals surface area contributed by atoms with Gasteiger partial charge in [0.25, 0.3) is 0 Å². The van der Waals surface area contributed by atoms with Crippen molar-refractivity contribution in [2.75, 3.05) is 0 Å². The average molecular weight is 654 g/mol. The topological polar surface area (TPSA) is 0 Å². The molecule has 39 heavy (non-hydrogen) atoms. The van der Waals surface area contributed by atoms with Crippen molar-refractivity contribution in [3.8, 4) is 39.7 Å². The molecule has 0 aliphatic heterocycles. The minimum atomic E-state index is 1.18. The first-order chi connectivity index (χ1) is 19.2. The maximum atomic E-state index is 3.81. The van der Waals surface area contributed by atoms with Gasteiger partial charge in [-0.3, -0.25) is 0 Å². The monoisotopic (exact) mass is 652 g/mol. The standard InChI is InChI=1S/C34H37BrS4/c1-3-5-7-10-16-25-22-31(34-26(23-32(35)39-34)17-11-8-6-4-2)38-33(25)30-21-20-29(37-30)28-19-18-27(36-28)24-14-12-9-13-15-24/h9,12-15,18-23H,3-8,10-11,16-17H2,1-2H3. The molecule has 0 nitrogen and oxygen atoms in total. The Morgan fingerprint density at radius 2 is 1.08 bits per heavy atom. The molecule has 5 heteroatoms. The third kappa shape index (κ3) is 7.42. The van der Waals surface area contributed by atoms with Crippen LogP contribution in [0.5, 0.6) is 0 Å². The van der Waals surface area contributed by atoms with Crippen molar-refractivity contribution in [1.82, 2.24) is 0 Å². The summed E-state index contributed by atoms with van der Waals surface area (Å²) in [6.45, 7) is 4.59. The second-order valence-electron chi connectivity index (χ2n) is 10.2. The van der Waals surface area contributed by atoms with Gasteiger partial charge in [-0.1, -0.05) is 82.7 Å². The van der Waals surface area contributed by atoms with Crippen molar-refractivity contribution in [2.45, 2.75) is 78.1 Å². The van der Waals surface area contributed by atoms with Crippen molar-refractivity contribution in [2.24, 2.45) is 0 Å². The summed E-state index contributed by atoms with van der Waals surface area (Å²) in [7, 11) is 0. The lowest BCUT2D eigenvalue weighted by Gasteiger charge is -2.02. The van der Waals surface area contributed by atoms with Crippen molar-refractivity contribution >= 4 is 61.3 Å². The molecule has 4 heterocycles. The Balaban J connectivity index is 1.43. The van der Waals surface area contributed by atoms with Crippen LogP contribution in [-0.4, -0.2) is 0 Å². The molecule has 0 N–H and O–H groups in total. The molecule has 4 aromatic heterocycles. The van der Waals surface area contributed by atoms with Crippen LogP contribution in [0.4, 0.5) is 0 Å². The molecule has 5 aromatic rings. The zero-order chi connectivity index (χ0) is 27.0. The molecule has 0 bridgehead atoms. The lowest BCUT2D eigenvalue weighted by molar-refractivity contribution is 0.667. The molecule has 5 rings (SSSR count). The highest BCUT2D eigenvalue weighted by molar-refractivity contribution is 9.11. The van der Waals surface area contributed by atoms with Gasteiger partial charge in [-0.2, -0.15) is 0 Å². The summed E-state index contributed by atoms with van der Waals surface area (Å²) in [5, 5.41) is 0. The Labute approximate surface area is 258 Å². The summed E-state index contributed by atoms with van der Waals surface area (Å²) in [5.41, 5.74) is 4.36. The summed E-state index contributed by atoms with van der Waals surface area (Å²) in [6.07, 6.45) is 12.8. The van der Waals surface area contributed by atoms with Gasteiger partial charge in [-0.15, -0.1) is 45.3 Å². The van der Waals surface area contributed by atoms with Crippen LogP contribution in [0.15, 0.2) is 70.5 Å². The van der Waals surface area contributed by atoms with E-state index in [1.165, 1.54) is 119 Å². The number of hydrogen-bond acceptors (Lipinski definition) is 4. The molecule has 0 aliphatic rings. The van der Waals surface area contributed by atoms with E-state index < -0.39 is 0 Å². The number of hydrogen-bond donors (Lipinski definition) is 0. The summed E-state index contributed by atoms with van der Waals surface area (Å²) >= 11 is 11.6. The number of aryl methyl sites for hydroxylation is 2. The Kier molecular flexibility index (Phi) is 10.7. The zero-order valence-corrected chi connectivity index (χ0v) is 27.8. The number of halogens is 1. The van der Waals surface area contributed by atoms with Crippen LogP contribution in [0.25, 0.3) is 39.7 Å². The molecule has 1 aromatic carbocycles. The molecule has 0 spiro atoms. The zero-order valence-electron chi connectivity index (χ0n) is 22.9. The second-order valence-corrected chi connectivity index (χ2v) is 15.8. The minimum Gasteiger partial charge on any atom is -0.134 e. The van der Waals surface area contributed by atoms with Crippen molar-refractivity contribution in [1.29, 1.82) is 0 Å². The van der Waals surface area contributed by atoms with Crippen LogP contribution in [0.1, 0.15) is 76.3 Å². The van der Waals surface area contributed by atoms with Gasteiger partial charge in [0, 0.05) is 34.1 Å². The number of thiophene rings is 4. The van der Waals surface area contributed by atoms with E-state index in [9.17, 15) is 0 Å². The summed E-state index contributed by atoms with van der Waals surface area (Å²) in [4.78, 5) is 9.91. The Morgan fingerprint density at radius 3 is 1.74 bits per heavy atom. The molecule has 0 saturated heterocycles. The van der Waals surface area contributed by atoms with Crippen LogP contribution >= 0.6 is 61.3 Å². The summed E-state index contributed by atoms with van der Waals surface area (Å²) < 4.78 is 1.26. The molecule has 204 valence electrons. The van der Waals surface area contributed by atoms with Gasteiger partial charge >= 0.3 is 0 Å². The van der Waals surface area contributed by atoms with Gasteiger partial charge < -0.3 is 0 Å². The van der Waals surface area contributed by atoms with Crippen molar-refractivity contribution in [3.05, 3.63) is 81.6 Å². The highest BCUT2D eigenvalue weighted by Gasteiger charge is 2.19. The predicted octanol–water partition coefficient (Wildman–Crippen LogP) is 13.6. The van der Waals surface area contributed by atoms with Gasteiger partial charge in [0.2, 0.25) is 0 Å². The van der Waals surface area contributed by atoms with E-state index in [0.29, 0.717) is 0 Å². The summed E-state index contributed by atoms with van der Waals surface area (Å²) in [5.74, 6) is 0. The molecular formula is C34H37BrS4. The van der Waals surface area contributed by atoms with Crippen molar-refractivity contribution < 1.29 is 0 Å². The van der Waals surface area contributed by atoms with Crippen molar-refractivity contribution in [3.63, 3.8) is 0 Å². The predicted molar refractivity (Wildman–Crippen MR) is 183 cm³/mol. The van der Waals surface area contributed by atoms with E-state index >= 15 is 0 Å². The first-order valence-electron chi connectivity index (χ1n) is 14.3. The largest absolute Gasteiger partial charge is 0.134 e. The molecule has 0 amide bonds. The maximum Gasteiger partial charge on any atom is 0.0708 e. The van der Waals surface area contributed by atoms with Crippen LogP contribution in [0.2, 0.25) is 0 Å². The van der Waals surface area contributed by atoms with E-state index in [2.05, 4.69) is 96.5 Å². The fourth-order valence-corrected chi connectivity index (χ4v) is 10.3. The van der Waals surface area contributed by atoms with Crippen LogP contribution in [-0.2, 0) is 12.8 Å². The Morgan fingerprint density at radius 1 is 0.513 bits per heavy atom. The van der Waals surface area contributed by atoms with E-state index in [1.54, 1.807) is 0 Å². The molecule has 0 unspecified atom stereocenters. The van der Waals surface area contributed by atoms with E-state index in [4.69, 9.17) is 0 Å². The average Bonchev–Trinajstić information content (AvgIpc) is 3.75. The molecule has 0 atom stereocenters. The molecule has 0 radical (unpaired) electrons. The summed E-state index contributed by atoms with van der Waals surface area (Å²) in [6, 6.07) is 24.9. The number of benzene rings is 1. The fourth-order valence-electron chi connectivity index (χ4n) is 5.03. The van der Waals surface area contributed by atoms with Crippen LogP contribution in [0.3, 0.4) is 0 Å². The fraction of sp³-hybridized carbons (Fsp3) is 0.353. The minimum absolute atomic E-state index is 1.18. The first kappa shape index (κ1) is 29.0. The van der Waals surface area contributed by atoms with Gasteiger partial charge in [-0.05, 0) is 94.7 Å². The van der Waals surface area contributed by atoms with Crippen LogP contribution < -0.4 is 0 Å². The first-order valence-corrected chi connectivity index (χ1v) is 18.4. The SMILES string of the molecule is CCCCCCc1cc(Br)sc1-c1cc(CCCCCC)c(-c2ccc(-c3ccc(-c4ccccc4)s3)s2)s1. The molecule has 0 fully saturated rings. The Bertz CT molecular complexity index is 1450. The van der Waals surface area contributed by atoms with Gasteiger partial charge in [0.05, 0.1) is 3.79 Å². The maximum absolute atomic E-state index is 3.81. The number of rotatable bonds is 14. The highest BCUT2D eigenvalue weighted by Crippen LogP contribution is 2.48. The van der Waals surface area contributed by atoms with E-state index in [-0.39, 0.29) is 0 Å². The number of unbranched alkanes of at least 4 members (excludes halogenated alkanes) is 6. The highest BCUT2D eigenvalue weighted by atomic mass is 79.9. The van der Waals surface area contributed by atoms with E-state index in [1.807, 2.05) is 45.3 Å². The second kappa shape index (κ2) is 14.4. The molecule has 0 saturated carbocycles. The lowest BCUT2D eigenvalue weighted by atomic mass is 10.0. The van der Waals surface area contributed by atoms with E-state index in [0.717, 1.165) is 0 Å². The van der Waals surface area contributed by atoms with Gasteiger partial charge in [-0.25, -0.2) is 0 Å². The molecular weight excluding hydrogens is 617 g/mol.